The number of carbonyl (C=O) groups is 1. The molecule has 1 heterocycles. The van der Waals surface area contributed by atoms with E-state index in [-0.39, 0.29) is 11.9 Å². The lowest BCUT2D eigenvalue weighted by molar-refractivity contribution is 0.0716. The predicted molar refractivity (Wildman–Crippen MR) is 82.0 cm³/mol. The normalized spacial score (nSPS) is 21.5. The van der Waals surface area contributed by atoms with E-state index >= 15 is 0 Å². The number of amides is 1. The van der Waals surface area contributed by atoms with Gasteiger partial charge in [0.05, 0.1) is 12.1 Å². The summed E-state index contributed by atoms with van der Waals surface area (Å²) < 4.78 is 0. The minimum absolute atomic E-state index is 0.0135. The predicted octanol–water partition coefficient (Wildman–Crippen LogP) is 2.94. The van der Waals surface area contributed by atoms with Gasteiger partial charge in [-0.3, -0.25) is 4.79 Å². The van der Waals surface area contributed by atoms with Crippen molar-refractivity contribution >= 4 is 5.91 Å². The zero-order valence-electron chi connectivity index (χ0n) is 12.1. The van der Waals surface area contributed by atoms with Crippen molar-refractivity contribution in [3.05, 3.63) is 71.3 Å². The van der Waals surface area contributed by atoms with Gasteiger partial charge in [-0.05, 0) is 31.0 Å². The standard InChI is InChI=1S/C18H19NO2/c1-13-7-9-15(10-8-13)18(21)19-12-16(20)11-17(19)14-5-3-2-4-6-14/h2-10,16-17,20H,11-12H2,1H3. The molecule has 2 aromatic carbocycles. The smallest absolute Gasteiger partial charge is 0.254 e. The van der Waals surface area contributed by atoms with Crippen LogP contribution in [0.15, 0.2) is 54.6 Å². The molecule has 1 N–H and O–H groups in total. The van der Waals surface area contributed by atoms with E-state index in [4.69, 9.17) is 0 Å². The summed E-state index contributed by atoms with van der Waals surface area (Å²) in [5, 5.41) is 9.98. The Bertz CT molecular complexity index is 621. The quantitative estimate of drug-likeness (QED) is 0.919. The van der Waals surface area contributed by atoms with Gasteiger partial charge in [0.1, 0.15) is 0 Å². The van der Waals surface area contributed by atoms with Crippen LogP contribution in [0.3, 0.4) is 0 Å². The highest BCUT2D eigenvalue weighted by Gasteiger charge is 2.35. The number of benzene rings is 2. The molecule has 3 nitrogen and oxygen atoms in total. The summed E-state index contributed by atoms with van der Waals surface area (Å²) in [6, 6.07) is 17.5. The third kappa shape index (κ3) is 2.83. The van der Waals surface area contributed by atoms with Crippen LogP contribution < -0.4 is 0 Å². The maximum Gasteiger partial charge on any atom is 0.254 e. The van der Waals surface area contributed by atoms with E-state index < -0.39 is 6.10 Å². The first-order valence-electron chi connectivity index (χ1n) is 7.26. The van der Waals surface area contributed by atoms with Crippen LogP contribution in [0.5, 0.6) is 0 Å². The second kappa shape index (κ2) is 5.70. The third-order valence-electron chi connectivity index (χ3n) is 4.02. The van der Waals surface area contributed by atoms with Gasteiger partial charge in [0, 0.05) is 12.1 Å². The SMILES string of the molecule is Cc1ccc(C(=O)N2CC(O)CC2c2ccccc2)cc1. The Hall–Kier alpha value is -2.13. The number of hydrogen-bond donors (Lipinski definition) is 1. The fourth-order valence-electron chi connectivity index (χ4n) is 2.89. The number of β-amino-alcohol motifs (C(OH)–C–C–N with tert-alkyl or cyclic N) is 1. The molecule has 0 saturated carbocycles. The molecule has 0 radical (unpaired) electrons. The van der Waals surface area contributed by atoms with Crippen molar-refractivity contribution in [2.75, 3.05) is 6.54 Å². The second-order valence-corrected chi connectivity index (χ2v) is 5.64. The summed E-state index contributed by atoms with van der Waals surface area (Å²) in [7, 11) is 0. The Morgan fingerprint density at radius 1 is 1.10 bits per heavy atom. The van der Waals surface area contributed by atoms with Crippen LogP contribution in [0.1, 0.15) is 33.9 Å². The molecule has 0 aliphatic carbocycles. The summed E-state index contributed by atoms with van der Waals surface area (Å²) in [5.41, 5.74) is 2.89. The van der Waals surface area contributed by atoms with Crippen molar-refractivity contribution in [1.82, 2.24) is 4.90 Å². The first-order valence-corrected chi connectivity index (χ1v) is 7.26. The van der Waals surface area contributed by atoms with Crippen molar-refractivity contribution in [3.63, 3.8) is 0 Å². The molecular formula is C18H19NO2. The number of aliphatic hydroxyl groups is 1. The minimum atomic E-state index is -0.454. The van der Waals surface area contributed by atoms with Crippen LogP contribution >= 0.6 is 0 Å². The molecule has 3 heteroatoms. The van der Waals surface area contributed by atoms with Gasteiger partial charge in [0.2, 0.25) is 0 Å². The molecule has 108 valence electrons. The minimum Gasteiger partial charge on any atom is -0.391 e. The van der Waals surface area contributed by atoms with Crippen LogP contribution in [-0.4, -0.2) is 28.6 Å². The molecule has 1 amide bonds. The summed E-state index contributed by atoms with van der Waals surface area (Å²) in [4.78, 5) is 14.5. The number of rotatable bonds is 2. The molecule has 1 aliphatic heterocycles. The molecular weight excluding hydrogens is 262 g/mol. The molecule has 3 rings (SSSR count). The average molecular weight is 281 g/mol. The molecule has 0 spiro atoms. The topological polar surface area (TPSA) is 40.5 Å². The number of likely N-dealkylation sites (tertiary alicyclic amines) is 1. The lowest BCUT2D eigenvalue weighted by Gasteiger charge is -2.25. The van der Waals surface area contributed by atoms with Crippen molar-refractivity contribution in [1.29, 1.82) is 0 Å². The number of aryl methyl sites for hydroxylation is 1. The van der Waals surface area contributed by atoms with E-state index in [0.717, 1.165) is 11.1 Å². The van der Waals surface area contributed by atoms with E-state index in [1.54, 1.807) is 4.90 Å². The molecule has 0 bridgehead atoms. The lowest BCUT2D eigenvalue weighted by Crippen LogP contribution is -2.31. The van der Waals surface area contributed by atoms with Crippen molar-refractivity contribution in [2.45, 2.75) is 25.5 Å². The average Bonchev–Trinajstić information content (AvgIpc) is 2.90. The summed E-state index contributed by atoms with van der Waals surface area (Å²) in [6.07, 6.45) is 0.145. The van der Waals surface area contributed by atoms with E-state index in [9.17, 15) is 9.90 Å². The first kappa shape index (κ1) is 13.8. The summed E-state index contributed by atoms with van der Waals surface area (Å²) >= 11 is 0. The second-order valence-electron chi connectivity index (χ2n) is 5.64. The van der Waals surface area contributed by atoms with Crippen LogP contribution in [-0.2, 0) is 0 Å². The van der Waals surface area contributed by atoms with E-state index in [0.29, 0.717) is 18.5 Å². The van der Waals surface area contributed by atoms with Gasteiger partial charge in [-0.25, -0.2) is 0 Å². The van der Waals surface area contributed by atoms with Crippen LogP contribution in [0.2, 0.25) is 0 Å². The van der Waals surface area contributed by atoms with Gasteiger partial charge in [-0.1, -0.05) is 48.0 Å². The molecule has 1 saturated heterocycles. The Morgan fingerprint density at radius 3 is 2.43 bits per heavy atom. The maximum absolute atomic E-state index is 12.7. The first-order chi connectivity index (χ1) is 10.1. The monoisotopic (exact) mass is 281 g/mol. The highest BCUT2D eigenvalue weighted by atomic mass is 16.3. The van der Waals surface area contributed by atoms with Crippen molar-refractivity contribution < 1.29 is 9.90 Å². The van der Waals surface area contributed by atoms with Crippen LogP contribution in [0, 0.1) is 6.92 Å². The summed E-state index contributed by atoms with van der Waals surface area (Å²) in [5.74, 6) is -0.0135. The fourth-order valence-corrected chi connectivity index (χ4v) is 2.89. The molecule has 2 atom stereocenters. The zero-order valence-corrected chi connectivity index (χ0v) is 12.1. The van der Waals surface area contributed by atoms with E-state index in [1.165, 1.54) is 0 Å². The van der Waals surface area contributed by atoms with Crippen molar-refractivity contribution in [3.8, 4) is 0 Å². The van der Waals surface area contributed by atoms with Gasteiger partial charge in [0.15, 0.2) is 0 Å². The Kier molecular flexibility index (Phi) is 3.76. The Labute approximate surface area is 124 Å². The molecule has 2 aromatic rings. The van der Waals surface area contributed by atoms with Gasteiger partial charge < -0.3 is 10.0 Å². The third-order valence-corrected chi connectivity index (χ3v) is 4.02. The number of aliphatic hydroxyl groups excluding tert-OH is 1. The molecule has 0 aromatic heterocycles. The Morgan fingerprint density at radius 2 is 1.76 bits per heavy atom. The summed E-state index contributed by atoms with van der Waals surface area (Å²) in [6.45, 7) is 2.40. The van der Waals surface area contributed by atoms with Crippen molar-refractivity contribution in [2.24, 2.45) is 0 Å². The van der Waals surface area contributed by atoms with Crippen LogP contribution in [0.4, 0.5) is 0 Å². The molecule has 1 fully saturated rings. The highest BCUT2D eigenvalue weighted by molar-refractivity contribution is 5.94. The van der Waals surface area contributed by atoms with Gasteiger partial charge in [-0.15, -0.1) is 0 Å². The highest BCUT2D eigenvalue weighted by Crippen LogP contribution is 2.33. The molecule has 21 heavy (non-hydrogen) atoms. The largest absolute Gasteiger partial charge is 0.391 e. The lowest BCUT2D eigenvalue weighted by atomic mass is 10.0. The van der Waals surface area contributed by atoms with E-state index in [1.807, 2.05) is 61.5 Å². The van der Waals surface area contributed by atoms with Crippen LogP contribution in [0.25, 0.3) is 0 Å². The maximum atomic E-state index is 12.7. The zero-order chi connectivity index (χ0) is 14.8. The van der Waals surface area contributed by atoms with Gasteiger partial charge >= 0.3 is 0 Å². The molecule has 2 unspecified atom stereocenters. The molecule has 1 aliphatic rings. The fraction of sp³-hybridized carbons (Fsp3) is 0.278. The number of nitrogens with zero attached hydrogens (tertiary/aromatic N) is 1. The number of hydrogen-bond acceptors (Lipinski definition) is 2. The van der Waals surface area contributed by atoms with E-state index in [2.05, 4.69) is 0 Å². The Balaban J connectivity index is 1.88. The number of carbonyl (C=O) groups excluding carboxylic acids is 1. The van der Waals surface area contributed by atoms with Gasteiger partial charge in [-0.2, -0.15) is 0 Å². The van der Waals surface area contributed by atoms with Gasteiger partial charge in [0.25, 0.3) is 5.91 Å².